The van der Waals surface area contributed by atoms with Crippen LogP contribution in [0.3, 0.4) is 0 Å². The number of hydrogen-bond donors (Lipinski definition) is 2. The Hall–Kier alpha value is -5.67. The lowest BCUT2D eigenvalue weighted by molar-refractivity contribution is -0.137. The maximum Gasteiger partial charge on any atom is 0.255 e. The number of ether oxygens (including phenoxy) is 1. The summed E-state index contributed by atoms with van der Waals surface area (Å²) in [5.41, 5.74) is 5.02. The highest BCUT2D eigenvalue weighted by atomic mass is 79.9. The topological polar surface area (TPSA) is 171 Å². The van der Waals surface area contributed by atoms with Gasteiger partial charge in [-0.05, 0) is 61.6 Å². The molecule has 3 aliphatic heterocycles. The molecule has 0 saturated carbocycles. The van der Waals surface area contributed by atoms with E-state index in [1.807, 2.05) is 49.4 Å². The number of carbonyl (C=O) groups excluding carboxylic acids is 6. The molecule has 14 nitrogen and oxygen atoms in total. The van der Waals surface area contributed by atoms with E-state index >= 15 is 0 Å². The molecule has 7 rings (SSSR count). The highest BCUT2D eigenvalue weighted by Crippen LogP contribution is 2.37. The highest BCUT2D eigenvalue weighted by Gasteiger charge is 2.40. The van der Waals surface area contributed by atoms with E-state index in [-0.39, 0.29) is 60.8 Å². The van der Waals surface area contributed by atoms with Crippen molar-refractivity contribution in [2.45, 2.75) is 135 Å². The van der Waals surface area contributed by atoms with Gasteiger partial charge in [0.2, 0.25) is 23.6 Å². The first-order valence-electron chi connectivity index (χ1n) is 23.4. The second-order valence-electron chi connectivity index (χ2n) is 17.5. The van der Waals surface area contributed by atoms with Crippen LogP contribution >= 0.6 is 28.3 Å². The number of unbranched alkanes of at least 4 members (excludes halogenated alkanes) is 9. The SMILES string of the molecule is CC[C@@H]1C(=O)N(C)c2cnc(Cc3ccc(C(=O)CCCCCCCCCCCCC(=O)Nc4cccc5c4CN(C4CCC(=O)NC4=O)C5=O)cc3OC)nc2N1Cc1ccc(Br)cc1.Cl. The first-order valence-corrected chi connectivity index (χ1v) is 24.2. The molecule has 1 aromatic heterocycles. The van der Waals surface area contributed by atoms with E-state index in [4.69, 9.17) is 9.72 Å². The van der Waals surface area contributed by atoms with Crippen LogP contribution in [0.25, 0.3) is 0 Å². The number of carbonyl (C=O) groups is 6. The summed E-state index contributed by atoms with van der Waals surface area (Å²) >= 11 is 3.51. The smallest absolute Gasteiger partial charge is 0.255 e. The van der Waals surface area contributed by atoms with E-state index in [1.165, 1.54) is 4.90 Å². The van der Waals surface area contributed by atoms with Crippen LogP contribution in [0.4, 0.5) is 17.2 Å². The average Bonchev–Trinajstić information content (AvgIpc) is 3.65. The summed E-state index contributed by atoms with van der Waals surface area (Å²) < 4.78 is 6.75. The Balaban J connectivity index is 0.00000741. The number of halogens is 2. The first-order chi connectivity index (χ1) is 31.9. The van der Waals surface area contributed by atoms with E-state index in [0.29, 0.717) is 78.3 Å². The molecule has 2 N–H and O–H groups in total. The van der Waals surface area contributed by atoms with Gasteiger partial charge in [0.05, 0.1) is 13.3 Å². The van der Waals surface area contributed by atoms with Crippen LogP contribution in [0.1, 0.15) is 146 Å². The predicted octanol–water partition coefficient (Wildman–Crippen LogP) is 9.29. The molecule has 1 saturated heterocycles. The maximum absolute atomic E-state index is 13.4. The molecule has 3 aliphatic rings. The van der Waals surface area contributed by atoms with Crippen molar-refractivity contribution < 1.29 is 33.5 Å². The Morgan fingerprint density at radius 2 is 1.58 bits per heavy atom. The molecule has 0 spiro atoms. The standard InChI is InChI=1S/C51H60BrN7O7.ClH/c1-4-40-51(65)57(2)42-30-53-45(55-48(42)58(40)31-33-20-24-36(52)25-21-33)29-35-23-22-34(28-44(35)66-3)43(60)18-13-11-9-7-5-6-8-10-12-14-19-46(61)54-39-17-15-16-37-38(39)32-59(50(37)64)41-26-27-47(62)56-49(41)63;/h15-17,20-25,28,30,40-41H,4-14,18-19,26-27,29,31-32H2,1-3H3,(H,54,61)(H,56,62,63);1H/t40-,41?;/m1./s1. The number of ketones is 1. The number of benzene rings is 3. The Kier molecular flexibility index (Phi) is 18.1. The van der Waals surface area contributed by atoms with Gasteiger partial charge in [-0.25, -0.2) is 9.97 Å². The van der Waals surface area contributed by atoms with E-state index < -0.39 is 11.9 Å². The van der Waals surface area contributed by atoms with Crippen molar-refractivity contribution in [2.24, 2.45) is 0 Å². The number of methoxy groups -OCH3 is 1. The normalized spacial score (nSPS) is 16.6. The molecule has 1 fully saturated rings. The third-order valence-electron chi connectivity index (χ3n) is 12.9. The molecule has 2 atom stereocenters. The molecule has 1 unspecified atom stereocenters. The van der Waals surface area contributed by atoms with Gasteiger partial charge in [0.1, 0.15) is 29.3 Å². The molecule has 356 valence electrons. The van der Waals surface area contributed by atoms with E-state index in [1.54, 1.807) is 43.5 Å². The Morgan fingerprint density at radius 3 is 2.25 bits per heavy atom. The number of nitrogens with one attached hydrogen (secondary N) is 2. The second-order valence-corrected chi connectivity index (χ2v) is 18.4. The monoisotopic (exact) mass is 997 g/mol. The van der Waals surface area contributed by atoms with Crippen molar-refractivity contribution in [1.29, 1.82) is 0 Å². The number of piperidine rings is 1. The fourth-order valence-electron chi connectivity index (χ4n) is 9.20. The Labute approximate surface area is 407 Å². The van der Waals surface area contributed by atoms with Crippen LogP contribution in [0, 0.1) is 0 Å². The molecule has 3 aromatic carbocycles. The van der Waals surface area contributed by atoms with Crippen molar-refractivity contribution in [3.05, 3.63) is 105 Å². The van der Waals surface area contributed by atoms with Gasteiger partial charge in [-0.15, -0.1) is 12.4 Å². The van der Waals surface area contributed by atoms with Crippen LogP contribution in [0.2, 0.25) is 0 Å². The molecular weight excluding hydrogens is 938 g/mol. The van der Waals surface area contributed by atoms with Crippen molar-refractivity contribution >= 4 is 80.8 Å². The predicted molar refractivity (Wildman–Crippen MR) is 264 cm³/mol. The van der Waals surface area contributed by atoms with Crippen molar-refractivity contribution in [2.75, 3.05) is 29.3 Å². The Morgan fingerprint density at radius 1 is 0.896 bits per heavy atom. The summed E-state index contributed by atoms with van der Waals surface area (Å²) in [5.74, 6) is 0.904. The zero-order valence-electron chi connectivity index (χ0n) is 38.6. The van der Waals surface area contributed by atoms with Crippen LogP contribution in [-0.4, -0.2) is 76.4 Å². The van der Waals surface area contributed by atoms with Crippen LogP contribution in [-0.2, 0) is 38.7 Å². The van der Waals surface area contributed by atoms with Gasteiger partial charge in [-0.1, -0.05) is 105 Å². The second kappa shape index (κ2) is 23.9. The number of likely N-dealkylation sites (N-methyl/N-ethyl adjacent to an activating group) is 1. The molecule has 67 heavy (non-hydrogen) atoms. The third-order valence-corrected chi connectivity index (χ3v) is 13.5. The molecule has 16 heteroatoms. The van der Waals surface area contributed by atoms with E-state index in [9.17, 15) is 28.8 Å². The first kappa shape index (κ1) is 50.7. The fraction of sp³-hybridized carbons (Fsp3) is 0.451. The lowest BCUT2D eigenvalue weighted by Crippen LogP contribution is -2.52. The molecule has 5 amide bonds. The summed E-state index contributed by atoms with van der Waals surface area (Å²) in [6.07, 6.45) is 14.4. The number of Topliss-reactive ketones (excluding diaryl/α,β-unsaturated/α-hetero) is 1. The molecule has 0 aliphatic carbocycles. The van der Waals surface area contributed by atoms with Crippen molar-refractivity contribution in [3.63, 3.8) is 0 Å². The summed E-state index contributed by atoms with van der Waals surface area (Å²) in [4.78, 5) is 91.4. The molecular formula is C51H61BrClN7O7. The number of aromatic nitrogens is 2. The zero-order chi connectivity index (χ0) is 46.7. The minimum atomic E-state index is -0.698. The average molecular weight is 999 g/mol. The number of hydrogen-bond acceptors (Lipinski definition) is 10. The lowest BCUT2D eigenvalue weighted by atomic mass is 10.00. The van der Waals surface area contributed by atoms with Gasteiger partial charge in [0.25, 0.3) is 5.91 Å². The molecule has 0 bridgehead atoms. The summed E-state index contributed by atoms with van der Waals surface area (Å²) in [7, 11) is 3.38. The lowest BCUT2D eigenvalue weighted by Gasteiger charge is -2.40. The minimum Gasteiger partial charge on any atom is -0.496 e. The van der Waals surface area contributed by atoms with E-state index in [0.717, 1.165) is 85.6 Å². The molecule has 4 heterocycles. The highest BCUT2D eigenvalue weighted by molar-refractivity contribution is 9.10. The Bertz CT molecular complexity index is 2450. The molecule has 0 radical (unpaired) electrons. The minimum absolute atomic E-state index is 0. The third kappa shape index (κ3) is 12.5. The summed E-state index contributed by atoms with van der Waals surface area (Å²) in [6.45, 7) is 2.76. The van der Waals surface area contributed by atoms with Crippen LogP contribution in [0.15, 0.2) is 71.3 Å². The van der Waals surface area contributed by atoms with Gasteiger partial charge < -0.3 is 24.8 Å². The van der Waals surface area contributed by atoms with Crippen molar-refractivity contribution in [3.8, 4) is 5.75 Å². The summed E-state index contributed by atoms with van der Waals surface area (Å²) in [6, 6.07) is 17.9. The maximum atomic E-state index is 13.4. The van der Waals surface area contributed by atoms with Gasteiger partial charge in [-0.3, -0.25) is 34.1 Å². The quantitative estimate of drug-likeness (QED) is 0.0439. The number of fused-ring (bicyclic) bond motifs is 2. The number of anilines is 3. The number of rotatable bonds is 22. The van der Waals surface area contributed by atoms with Gasteiger partial charge in [0, 0.05) is 78.2 Å². The van der Waals surface area contributed by atoms with Crippen LogP contribution in [0.5, 0.6) is 5.75 Å². The van der Waals surface area contributed by atoms with Crippen molar-refractivity contribution in [1.82, 2.24) is 20.2 Å². The number of amides is 5. The summed E-state index contributed by atoms with van der Waals surface area (Å²) in [5, 5.41) is 5.30. The molecule has 4 aromatic rings. The number of imide groups is 1. The largest absolute Gasteiger partial charge is 0.496 e. The van der Waals surface area contributed by atoms with E-state index in [2.05, 4.69) is 36.4 Å². The van der Waals surface area contributed by atoms with Gasteiger partial charge in [0.15, 0.2) is 11.6 Å². The van der Waals surface area contributed by atoms with Gasteiger partial charge >= 0.3 is 0 Å². The van der Waals surface area contributed by atoms with Gasteiger partial charge in [-0.2, -0.15) is 0 Å². The number of nitrogens with zero attached hydrogens (tertiary/aromatic N) is 5. The van der Waals surface area contributed by atoms with Crippen LogP contribution < -0.4 is 25.2 Å². The zero-order valence-corrected chi connectivity index (χ0v) is 41.0. The fourth-order valence-corrected chi connectivity index (χ4v) is 9.47.